The highest BCUT2D eigenvalue weighted by Crippen LogP contribution is 2.17. The van der Waals surface area contributed by atoms with E-state index in [0.29, 0.717) is 5.65 Å². The molecule has 0 saturated heterocycles. The van der Waals surface area contributed by atoms with Crippen molar-refractivity contribution in [2.24, 2.45) is 7.05 Å². The van der Waals surface area contributed by atoms with Crippen LogP contribution in [0.1, 0.15) is 21.9 Å². The van der Waals surface area contributed by atoms with Crippen LogP contribution in [0.5, 0.6) is 0 Å². The number of nitrogens with zero attached hydrogens (tertiary/aromatic N) is 3. The van der Waals surface area contributed by atoms with Crippen LogP contribution in [0.25, 0.3) is 11.2 Å². The number of carboxylic acid groups (broad SMARTS) is 1. The Kier molecular flexibility index (Phi) is 1.96. The van der Waals surface area contributed by atoms with Gasteiger partial charge in [-0.05, 0) is 25.5 Å². The lowest BCUT2D eigenvalue weighted by Crippen LogP contribution is -2.03. The number of fused-ring (bicyclic) bond motifs is 1. The van der Waals surface area contributed by atoms with Gasteiger partial charge in [-0.1, -0.05) is 0 Å². The molecule has 5 heteroatoms. The second-order valence-corrected chi connectivity index (χ2v) is 3.52. The number of aryl methyl sites for hydroxylation is 3. The van der Waals surface area contributed by atoms with Crippen LogP contribution in [-0.4, -0.2) is 25.6 Å². The maximum atomic E-state index is 10.8. The standard InChI is InChI=1S/C10H11N3O2/c1-5-4-7(10(14)15)12-9-8(5)11-6(2)13(9)3/h4H,1-3H3,(H,14,15). The Morgan fingerprint density at radius 3 is 2.67 bits per heavy atom. The van der Waals surface area contributed by atoms with Crippen molar-refractivity contribution in [2.45, 2.75) is 13.8 Å². The van der Waals surface area contributed by atoms with Crippen molar-refractivity contribution in [3.8, 4) is 0 Å². The summed E-state index contributed by atoms with van der Waals surface area (Å²) in [7, 11) is 1.82. The minimum Gasteiger partial charge on any atom is -0.477 e. The van der Waals surface area contributed by atoms with Gasteiger partial charge in [-0.25, -0.2) is 14.8 Å². The normalized spacial score (nSPS) is 10.9. The van der Waals surface area contributed by atoms with Crippen LogP contribution in [0.15, 0.2) is 6.07 Å². The summed E-state index contributed by atoms with van der Waals surface area (Å²) in [5, 5.41) is 8.87. The average Bonchev–Trinajstić information content (AvgIpc) is 2.45. The highest BCUT2D eigenvalue weighted by atomic mass is 16.4. The van der Waals surface area contributed by atoms with E-state index in [1.165, 1.54) is 6.07 Å². The fraction of sp³-hybridized carbons (Fsp3) is 0.300. The SMILES string of the molecule is Cc1cc(C(=O)O)nc2c1nc(C)n2C. The number of pyridine rings is 1. The number of hydrogen-bond acceptors (Lipinski definition) is 3. The molecular weight excluding hydrogens is 194 g/mol. The van der Waals surface area contributed by atoms with E-state index in [4.69, 9.17) is 5.11 Å². The van der Waals surface area contributed by atoms with Gasteiger partial charge in [0.15, 0.2) is 11.3 Å². The molecule has 15 heavy (non-hydrogen) atoms. The molecule has 0 amide bonds. The van der Waals surface area contributed by atoms with Crippen molar-refractivity contribution in [2.75, 3.05) is 0 Å². The maximum absolute atomic E-state index is 10.8. The molecule has 0 bridgehead atoms. The zero-order valence-corrected chi connectivity index (χ0v) is 8.77. The van der Waals surface area contributed by atoms with Gasteiger partial charge in [0, 0.05) is 7.05 Å². The molecule has 0 spiro atoms. The van der Waals surface area contributed by atoms with Crippen LogP contribution in [0.2, 0.25) is 0 Å². The molecule has 0 aliphatic rings. The maximum Gasteiger partial charge on any atom is 0.354 e. The largest absolute Gasteiger partial charge is 0.477 e. The Balaban J connectivity index is 2.85. The Labute approximate surface area is 86.4 Å². The molecular formula is C10H11N3O2. The molecule has 0 aliphatic heterocycles. The molecule has 0 saturated carbocycles. The number of carbonyl (C=O) groups is 1. The number of carboxylic acids is 1. The zero-order valence-electron chi connectivity index (χ0n) is 8.77. The number of aromatic carboxylic acids is 1. The van der Waals surface area contributed by atoms with E-state index < -0.39 is 5.97 Å². The highest BCUT2D eigenvalue weighted by molar-refractivity contribution is 5.89. The predicted octanol–water partition coefficient (Wildman–Crippen LogP) is 1.28. The highest BCUT2D eigenvalue weighted by Gasteiger charge is 2.13. The topological polar surface area (TPSA) is 68.0 Å². The van der Waals surface area contributed by atoms with Crippen molar-refractivity contribution in [3.63, 3.8) is 0 Å². The smallest absolute Gasteiger partial charge is 0.354 e. The Morgan fingerprint density at radius 2 is 2.07 bits per heavy atom. The van der Waals surface area contributed by atoms with E-state index >= 15 is 0 Å². The molecule has 0 aromatic carbocycles. The molecule has 2 rings (SSSR count). The molecule has 0 unspecified atom stereocenters. The Hall–Kier alpha value is -1.91. The van der Waals surface area contributed by atoms with E-state index in [1.54, 1.807) is 4.57 Å². The van der Waals surface area contributed by atoms with Crippen LogP contribution in [0.4, 0.5) is 0 Å². The lowest BCUT2D eigenvalue weighted by Gasteiger charge is -1.99. The quantitative estimate of drug-likeness (QED) is 0.761. The van der Waals surface area contributed by atoms with E-state index in [9.17, 15) is 4.79 Å². The molecule has 0 atom stereocenters. The molecule has 2 aromatic rings. The van der Waals surface area contributed by atoms with E-state index in [1.807, 2.05) is 20.9 Å². The summed E-state index contributed by atoms with van der Waals surface area (Å²) in [4.78, 5) is 19.2. The van der Waals surface area contributed by atoms with Crippen LogP contribution < -0.4 is 0 Å². The first kappa shape index (κ1) is 9.64. The molecule has 2 heterocycles. The molecule has 0 aliphatic carbocycles. The van der Waals surface area contributed by atoms with E-state index in [0.717, 1.165) is 16.9 Å². The van der Waals surface area contributed by atoms with Crippen molar-refractivity contribution in [1.82, 2.24) is 14.5 Å². The summed E-state index contributed by atoms with van der Waals surface area (Å²) in [6, 6.07) is 1.54. The minimum absolute atomic E-state index is 0.0583. The number of aromatic nitrogens is 3. The Bertz CT molecular complexity index is 557. The van der Waals surface area contributed by atoms with Crippen molar-refractivity contribution in [1.29, 1.82) is 0 Å². The van der Waals surface area contributed by atoms with Crippen LogP contribution >= 0.6 is 0 Å². The molecule has 78 valence electrons. The molecule has 2 aromatic heterocycles. The molecule has 0 fully saturated rings. The fourth-order valence-corrected chi connectivity index (χ4v) is 1.52. The summed E-state index contributed by atoms with van der Waals surface area (Å²) in [6.45, 7) is 3.70. The van der Waals surface area contributed by atoms with Crippen LogP contribution in [0, 0.1) is 13.8 Å². The number of hydrogen-bond donors (Lipinski definition) is 1. The van der Waals surface area contributed by atoms with Gasteiger partial charge in [0.25, 0.3) is 0 Å². The van der Waals surface area contributed by atoms with Crippen molar-refractivity contribution in [3.05, 3.63) is 23.1 Å². The lowest BCUT2D eigenvalue weighted by atomic mass is 10.2. The van der Waals surface area contributed by atoms with Gasteiger partial charge >= 0.3 is 5.97 Å². The third kappa shape index (κ3) is 1.36. The molecule has 1 N–H and O–H groups in total. The van der Waals surface area contributed by atoms with Gasteiger partial charge in [0.1, 0.15) is 11.3 Å². The zero-order chi connectivity index (χ0) is 11.2. The van der Waals surface area contributed by atoms with Gasteiger partial charge in [-0.2, -0.15) is 0 Å². The van der Waals surface area contributed by atoms with Gasteiger partial charge in [0.05, 0.1) is 0 Å². The third-order valence-electron chi connectivity index (χ3n) is 2.46. The number of imidazole rings is 1. The second-order valence-electron chi connectivity index (χ2n) is 3.52. The van der Waals surface area contributed by atoms with Crippen LogP contribution in [-0.2, 0) is 7.05 Å². The van der Waals surface area contributed by atoms with Crippen molar-refractivity contribution >= 4 is 17.1 Å². The fourth-order valence-electron chi connectivity index (χ4n) is 1.52. The van der Waals surface area contributed by atoms with E-state index in [2.05, 4.69) is 9.97 Å². The van der Waals surface area contributed by atoms with Gasteiger partial charge < -0.3 is 9.67 Å². The second kappa shape index (κ2) is 3.05. The van der Waals surface area contributed by atoms with Crippen LogP contribution in [0.3, 0.4) is 0 Å². The third-order valence-corrected chi connectivity index (χ3v) is 2.46. The summed E-state index contributed by atoms with van der Waals surface area (Å²) in [5.41, 5.74) is 2.27. The monoisotopic (exact) mass is 205 g/mol. The molecule has 0 radical (unpaired) electrons. The first-order valence-electron chi connectivity index (χ1n) is 4.54. The average molecular weight is 205 g/mol. The van der Waals surface area contributed by atoms with Gasteiger partial charge in [-0.3, -0.25) is 0 Å². The first-order valence-corrected chi connectivity index (χ1v) is 4.54. The number of rotatable bonds is 1. The van der Waals surface area contributed by atoms with Gasteiger partial charge in [0.2, 0.25) is 0 Å². The summed E-state index contributed by atoms with van der Waals surface area (Å²) >= 11 is 0. The summed E-state index contributed by atoms with van der Waals surface area (Å²) in [5.74, 6) is -0.193. The predicted molar refractivity (Wildman–Crippen MR) is 54.9 cm³/mol. The summed E-state index contributed by atoms with van der Waals surface area (Å²) < 4.78 is 1.79. The lowest BCUT2D eigenvalue weighted by molar-refractivity contribution is 0.0690. The Morgan fingerprint density at radius 1 is 1.40 bits per heavy atom. The van der Waals surface area contributed by atoms with E-state index in [-0.39, 0.29) is 5.69 Å². The summed E-state index contributed by atoms with van der Waals surface area (Å²) in [6.07, 6.45) is 0. The molecule has 5 nitrogen and oxygen atoms in total. The minimum atomic E-state index is -1.01. The van der Waals surface area contributed by atoms with Crippen molar-refractivity contribution < 1.29 is 9.90 Å². The van der Waals surface area contributed by atoms with Gasteiger partial charge in [-0.15, -0.1) is 0 Å². The first-order chi connectivity index (χ1) is 7.00.